The maximum Gasteiger partial charge on any atom is 0.242 e. The van der Waals surface area contributed by atoms with Gasteiger partial charge in [0.25, 0.3) is 0 Å². The van der Waals surface area contributed by atoms with Gasteiger partial charge in [0.05, 0.1) is 71.5 Å². The molecule has 29 heteroatoms. The minimum absolute atomic E-state index is 0.00241. The monoisotopic (exact) mass is 1170 g/mol. The molecule has 0 saturated carbocycles. The van der Waals surface area contributed by atoms with Crippen molar-refractivity contribution in [3.8, 4) is 0 Å². The Morgan fingerprint density at radius 2 is 0.625 bits per heavy atom. The summed E-state index contributed by atoms with van der Waals surface area (Å²) in [5, 5.41) is 8.54. The van der Waals surface area contributed by atoms with Gasteiger partial charge in [0, 0.05) is 119 Å². The molecule has 0 aromatic rings. The summed E-state index contributed by atoms with van der Waals surface area (Å²) < 4.78 is 0. The van der Waals surface area contributed by atoms with Gasteiger partial charge in [-0.15, -0.1) is 0 Å². The molecule has 0 aromatic heterocycles. The second-order valence-corrected chi connectivity index (χ2v) is 23.8. The van der Waals surface area contributed by atoms with Crippen LogP contribution in [0.15, 0.2) is 0 Å². The van der Waals surface area contributed by atoms with E-state index in [4.69, 9.17) is 0 Å². The molecule has 27 nitrogen and oxygen atoms in total. The average molecular weight is 1170 g/mol. The minimum Gasteiger partial charge on any atom is -0.356 e. The molecule has 0 radical (unpaired) electrons. The molecule has 2 unspecified atom stereocenters. The van der Waals surface area contributed by atoms with Gasteiger partial charge in [-0.25, -0.2) is 0 Å². The first-order valence-corrected chi connectivity index (χ1v) is 28.4. The number of Topliss-reactive ketones (excluding diaryl/α,β-unsaturated/α-hetero) is 1. The summed E-state index contributed by atoms with van der Waals surface area (Å²) in [4.78, 5) is 189. The number of nitrogens with one attached hydrogen (secondary N) is 3. The van der Waals surface area contributed by atoms with E-state index in [1.807, 2.05) is 27.7 Å². The van der Waals surface area contributed by atoms with Gasteiger partial charge in [-0.1, -0.05) is 63.1 Å². The van der Waals surface area contributed by atoms with Crippen LogP contribution in [0.5, 0.6) is 0 Å². The number of ketones is 1. The van der Waals surface area contributed by atoms with Crippen LogP contribution in [0.25, 0.3) is 0 Å². The Bertz CT molecular complexity index is 2200. The minimum atomic E-state index is -0.740. The van der Waals surface area contributed by atoms with Crippen molar-refractivity contribution < 1.29 is 67.1 Å². The third-order valence-corrected chi connectivity index (χ3v) is 15.7. The van der Waals surface area contributed by atoms with E-state index in [0.717, 1.165) is 44.1 Å². The second-order valence-electron chi connectivity index (χ2n) is 20.7. The molecule has 0 aromatic carbocycles. The fourth-order valence-electron chi connectivity index (χ4n) is 6.51. The van der Waals surface area contributed by atoms with Gasteiger partial charge in [0.2, 0.25) is 76.8 Å². The largest absolute Gasteiger partial charge is 0.356 e. The smallest absolute Gasteiger partial charge is 0.242 e. The summed E-state index contributed by atoms with van der Waals surface area (Å²) in [6, 6.07) is -0.740. The van der Waals surface area contributed by atoms with Crippen molar-refractivity contribution in [1.82, 2.24) is 64.9 Å². The van der Waals surface area contributed by atoms with Gasteiger partial charge in [-0.05, 0) is 13.3 Å². The molecule has 3 N–H and O–H groups in total. The molecule has 0 heterocycles. The number of hydrogen-bond acceptors (Lipinski definition) is 16. The van der Waals surface area contributed by atoms with E-state index in [1.165, 1.54) is 75.4 Å². The first-order valence-electron chi connectivity index (χ1n) is 26.1. The zero-order chi connectivity index (χ0) is 61.9. The Labute approximate surface area is 479 Å². The topological polar surface area (TPSA) is 307 Å². The van der Waals surface area contributed by atoms with Crippen molar-refractivity contribution in [3.63, 3.8) is 0 Å². The zero-order valence-corrected chi connectivity index (χ0v) is 51.6. The predicted octanol–water partition coefficient (Wildman–Crippen LogP) is -2.48. The molecule has 0 spiro atoms. The molecule has 13 amide bonds. The predicted molar refractivity (Wildman–Crippen MR) is 303 cm³/mol. The highest BCUT2D eigenvalue weighted by atomic mass is 33.1. The van der Waals surface area contributed by atoms with Crippen LogP contribution >= 0.6 is 21.6 Å². The van der Waals surface area contributed by atoms with Crippen LogP contribution < -0.4 is 16.0 Å². The molecule has 0 saturated heterocycles. The Morgan fingerprint density at radius 1 is 0.338 bits per heavy atom. The lowest BCUT2D eigenvalue weighted by atomic mass is 10.0. The van der Waals surface area contributed by atoms with Crippen molar-refractivity contribution in [2.24, 2.45) is 11.8 Å². The number of rotatable bonds is 35. The van der Waals surface area contributed by atoms with Crippen LogP contribution in [0.3, 0.4) is 0 Å². The van der Waals surface area contributed by atoms with Crippen molar-refractivity contribution >= 4 is 104 Å². The normalized spacial score (nSPS) is 11.9. The van der Waals surface area contributed by atoms with Gasteiger partial charge in [-0.3, -0.25) is 67.1 Å². The molecule has 0 aliphatic carbocycles. The van der Waals surface area contributed by atoms with Crippen LogP contribution in [0, 0.1) is 11.8 Å². The molecule has 0 bridgehead atoms. The maximum atomic E-state index is 13.0. The Kier molecular flexibility index (Phi) is 33.7. The van der Waals surface area contributed by atoms with Gasteiger partial charge in [-0.2, -0.15) is 0 Å². The SMILES string of the molecule is CC(CCC(=O)NCCC(=O)N(C)CC(=O)N(C)CC(=O)N(C)CC(=O)N(C)CC(=O)N(C)CC(=O)N(C)CC(=O)N(C)CC(=O)N(C)CC(=O)N(C)CC(=O)N(C)CC(=O)N[C@@H](C)C(=O)C(C)C)SSC(C)CNC(=O)C(C)C. The third-order valence-electron chi connectivity index (χ3n) is 12.3. The standard InChI is InChI=1S/C51H89N13O14S2/c1-33(2)50(77)37(7)54-39(66)23-55(8)41(68)25-57(10)43(70)27-59(12)45(72)29-61(14)47(74)31-63(16)49(76)32-64(17)48(75)30-62(15)46(73)28-60(13)44(71)26-58(11)42(69)24-56(9)40(67)20-21-52-38(65)19-18-35(5)79-80-36(6)22-53-51(78)34(3)4/h33-37H,18-32H2,1-17H3,(H,52,65)(H,53,78)(H,54,66)/t35?,36?,37-/m0/s1. The number of amides is 13. The molecule has 454 valence electrons. The first-order chi connectivity index (χ1) is 37.0. The lowest BCUT2D eigenvalue weighted by Gasteiger charge is -2.27. The van der Waals surface area contributed by atoms with Crippen LogP contribution in [-0.4, -0.2) is 297 Å². The van der Waals surface area contributed by atoms with Crippen LogP contribution in [0.1, 0.15) is 67.7 Å². The quantitative estimate of drug-likeness (QED) is 0.0554. The van der Waals surface area contributed by atoms with Gasteiger partial charge in [0.1, 0.15) is 0 Å². The Morgan fingerprint density at radius 3 is 0.925 bits per heavy atom. The average Bonchev–Trinajstić information content (AvgIpc) is 3.37. The Hall–Kier alpha value is -6.52. The molecule has 0 aliphatic heterocycles. The fraction of sp³-hybridized carbons (Fsp3) is 0.725. The van der Waals surface area contributed by atoms with Crippen LogP contribution in [-0.2, 0) is 67.1 Å². The van der Waals surface area contributed by atoms with Crippen LogP contribution in [0.4, 0.5) is 0 Å². The fourth-order valence-corrected chi connectivity index (χ4v) is 8.89. The summed E-state index contributed by atoms with van der Waals surface area (Å²) in [5.41, 5.74) is 0. The van der Waals surface area contributed by atoms with E-state index in [0.29, 0.717) is 13.0 Å². The summed E-state index contributed by atoms with van der Waals surface area (Å²) in [5.74, 6) is -7.23. The van der Waals surface area contributed by atoms with Crippen molar-refractivity contribution in [1.29, 1.82) is 0 Å². The zero-order valence-electron chi connectivity index (χ0n) is 50.0. The highest BCUT2D eigenvalue weighted by Crippen LogP contribution is 2.32. The van der Waals surface area contributed by atoms with E-state index < -0.39 is 123 Å². The summed E-state index contributed by atoms with van der Waals surface area (Å²) in [7, 11) is 16.7. The van der Waals surface area contributed by atoms with Gasteiger partial charge < -0.3 is 64.9 Å². The first kappa shape index (κ1) is 73.5. The summed E-state index contributed by atoms with van der Waals surface area (Å²) >= 11 is 0. The molecule has 0 aliphatic rings. The molecule has 80 heavy (non-hydrogen) atoms. The van der Waals surface area contributed by atoms with Gasteiger partial charge >= 0.3 is 0 Å². The van der Waals surface area contributed by atoms with Crippen LogP contribution in [0.2, 0.25) is 0 Å². The van der Waals surface area contributed by atoms with E-state index >= 15 is 0 Å². The summed E-state index contributed by atoms with van der Waals surface area (Å²) in [6.07, 6.45) is 0.828. The lowest BCUT2D eigenvalue weighted by Crippen LogP contribution is -2.49. The van der Waals surface area contributed by atoms with E-state index in [9.17, 15) is 67.1 Å². The lowest BCUT2D eigenvalue weighted by molar-refractivity contribution is -0.146. The number of carbonyl (C=O) groups is 14. The van der Waals surface area contributed by atoms with Crippen molar-refractivity contribution in [3.05, 3.63) is 0 Å². The van der Waals surface area contributed by atoms with Crippen molar-refractivity contribution in [2.75, 3.05) is 149 Å². The summed E-state index contributed by atoms with van der Waals surface area (Å²) in [6.45, 7) is 8.96. The van der Waals surface area contributed by atoms with E-state index in [-0.39, 0.29) is 72.4 Å². The Balaban J connectivity index is 4.80. The van der Waals surface area contributed by atoms with E-state index in [1.54, 1.807) is 42.4 Å². The number of carbonyl (C=O) groups excluding carboxylic acids is 14. The number of nitrogens with zero attached hydrogens (tertiary/aromatic N) is 10. The molecule has 3 atom stereocenters. The third kappa shape index (κ3) is 29.1. The number of likely N-dealkylation sites (N-methyl/N-ethyl adjacent to an activating group) is 10. The second kappa shape index (κ2) is 36.7. The van der Waals surface area contributed by atoms with Gasteiger partial charge in [0.15, 0.2) is 5.78 Å². The van der Waals surface area contributed by atoms with Crippen molar-refractivity contribution in [2.45, 2.75) is 84.3 Å². The van der Waals surface area contributed by atoms with E-state index in [2.05, 4.69) is 16.0 Å². The molecular weight excluding hydrogens is 1080 g/mol. The highest BCUT2D eigenvalue weighted by Gasteiger charge is 2.27. The molecule has 0 rings (SSSR count). The maximum absolute atomic E-state index is 13.0. The molecular formula is C51H89N13O14S2. The molecule has 0 fully saturated rings. The highest BCUT2D eigenvalue weighted by molar-refractivity contribution is 8.77. The number of hydrogen-bond donors (Lipinski definition) is 3.